The molecular weight excluding hydrogens is 438 g/mol. The SMILES string of the molecule is NNC(Cc1ccc(Br)cc1Cl)c1cccc(I)c1. The number of hydrogen-bond acceptors (Lipinski definition) is 2. The van der Waals surface area contributed by atoms with Crippen molar-refractivity contribution < 1.29 is 0 Å². The van der Waals surface area contributed by atoms with E-state index in [9.17, 15) is 0 Å². The van der Waals surface area contributed by atoms with E-state index in [0.717, 1.165) is 27.0 Å². The summed E-state index contributed by atoms with van der Waals surface area (Å²) in [5.41, 5.74) is 5.10. The van der Waals surface area contributed by atoms with Crippen molar-refractivity contribution in [2.75, 3.05) is 0 Å². The van der Waals surface area contributed by atoms with E-state index in [1.54, 1.807) is 0 Å². The maximum Gasteiger partial charge on any atom is 0.0501 e. The Morgan fingerprint density at radius 3 is 2.68 bits per heavy atom. The van der Waals surface area contributed by atoms with Crippen LogP contribution in [0, 0.1) is 3.57 Å². The van der Waals surface area contributed by atoms with Gasteiger partial charge in [0.15, 0.2) is 0 Å². The molecule has 1 atom stereocenters. The first-order valence-corrected chi connectivity index (χ1v) is 8.00. The highest BCUT2D eigenvalue weighted by Gasteiger charge is 2.13. The third-order valence-electron chi connectivity index (χ3n) is 2.89. The number of nitrogens with one attached hydrogen (secondary N) is 1. The summed E-state index contributed by atoms with van der Waals surface area (Å²) in [7, 11) is 0. The predicted octanol–water partition coefficient (Wildman–Crippen LogP) is 4.45. The Hall–Kier alpha value is -0.140. The second-order valence-electron chi connectivity index (χ2n) is 4.21. The summed E-state index contributed by atoms with van der Waals surface area (Å²) in [5, 5.41) is 0.750. The average Bonchev–Trinajstić information content (AvgIpc) is 2.38. The average molecular weight is 452 g/mol. The maximum absolute atomic E-state index is 6.25. The molecule has 2 aromatic carbocycles. The van der Waals surface area contributed by atoms with Gasteiger partial charge in [0, 0.05) is 13.1 Å². The van der Waals surface area contributed by atoms with Crippen molar-refractivity contribution in [3.63, 3.8) is 0 Å². The lowest BCUT2D eigenvalue weighted by atomic mass is 9.99. The fourth-order valence-electron chi connectivity index (χ4n) is 1.90. The molecule has 2 rings (SSSR count). The number of rotatable bonds is 4. The van der Waals surface area contributed by atoms with E-state index in [1.807, 2.05) is 24.3 Å². The Bertz CT molecular complexity index is 577. The van der Waals surface area contributed by atoms with Gasteiger partial charge in [0.05, 0.1) is 6.04 Å². The van der Waals surface area contributed by atoms with Gasteiger partial charge < -0.3 is 0 Å². The second-order valence-corrected chi connectivity index (χ2v) is 6.78. The first-order chi connectivity index (χ1) is 9.10. The lowest BCUT2D eigenvalue weighted by molar-refractivity contribution is 0.552. The Kier molecular flexibility index (Phi) is 5.65. The summed E-state index contributed by atoms with van der Waals surface area (Å²) in [5.74, 6) is 5.68. The fraction of sp³-hybridized carbons (Fsp3) is 0.143. The standard InChI is InChI=1S/C14H13BrClIN2/c15-11-5-4-9(13(16)8-11)7-14(19-18)10-2-1-3-12(17)6-10/h1-6,8,14,19H,7,18H2. The van der Waals surface area contributed by atoms with Crippen LogP contribution in [0.4, 0.5) is 0 Å². The monoisotopic (exact) mass is 450 g/mol. The highest BCUT2D eigenvalue weighted by molar-refractivity contribution is 14.1. The van der Waals surface area contributed by atoms with Gasteiger partial charge in [-0.05, 0) is 64.4 Å². The van der Waals surface area contributed by atoms with E-state index in [-0.39, 0.29) is 6.04 Å². The molecule has 0 fully saturated rings. The van der Waals surface area contributed by atoms with Gasteiger partial charge in [-0.3, -0.25) is 11.3 Å². The molecule has 0 aliphatic rings. The molecule has 2 nitrogen and oxygen atoms in total. The smallest absolute Gasteiger partial charge is 0.0501 e. The van der Waals surface area contributed by atoms with E-state index in [4.69, 9.17) is 17.4 Å². The molecule has 0 spiro atoms. The van der Waals surface area contributed by atoms with E-state index in [1.165, 1.54) is 3.57 Å². The van der Waals surface area contributed by atoms with Crippen LogP contribution in [0.3, 0.4) is 0 Å². The molecule has 0 amide bonds. The van der Waals surface area contributed by atoms with Gasteiger partial charge in [-0.15, -0.1) is 0 Å². The first kappa shape index (κ1) is 15.3. The number of hydrazine groups is 1. The van der Waals surface area contributed by atoms with Crippen LogP contribution in [-0.4, -0.2) is 0 Å². The normalized spacial score (nSPS) is 12.4. The molecule has 0 aliphatic carbocycles. The van der Waals surface area contributed by atoms with Crippen molar-refractivity contribution in [3.05, 3.63) is 66.7 Å². The van der Waals surface area contributed by atoms with Crippen LogP contribution in [0.25, 0.3) is 0 Å². The van der Waals surface area contributed by atoms with Crippen LogP contribution in [0.1, 0.15) is 17.2 Å². The number of nitrogens with two attached hydrogens (primary N) is 1. The molecule has 0 aliphatic heterocycles. The summed E-state index contributed by atoms with van der Waals surface area (Å²) >= 11 is 12.0. The van der Waals surface area contributed by atoms with Crippen molar-refractivity contribution in [1.29, 1.82) is 0 Å². The molecule has 5 heteroatoms. The van der Waals surface area contributed by atoms with Gasteiger partial charge in [-0.1, -0.05) is 45.7 Å². The summed E-state index contributed by atoms with van der Waals surface area (Å²) in [6, 6.07) is 14.2. The zero-order valence-corrected chi connectivity index (χ0v) is 14.5. The predicted molar refractivity (Wildman–Crippen MR) is 92.1 cm³/mol. The van der Waals surface area contributed by atoms with Gasteiger partial charge in [-0.2, -0.15) is 0 Å². The second kappa shape index (κ2) is 7.04. The molecule has 19 heavy (non-hydrogen) atoms. The fourth-order valence-corrected chi connectivity index (χ4v) is 3.22. The minimum absolute atomic E-state index is 0.0494. The van der Waals surface area contributed by atoms with Crippen molar-refractivity contribution in [2.45, 2.75) is 12.5 Å². The van der Waals surface area contributed by atoms with Crippen LogP contribution in [0.15, 0.2) is 46.9 Å². The lowest BCUT2D eigenvalue weighted by Crippen LogP contribution is -2.29. The van der Waals surface area contributed by atoms with Crippen LogP contribution < -0.4 is 11.3 Å². The highest BCUT2D eigenvalue weighted by Crippen LogP contribution is 2.26. The summed E-state index contributed by atoms with van der Waals surface area (Å²) in [6.07, 6.45) is 0.753. The van der Waals surface area contributed by atoms with Gasteiger partial charge in [-0.25, -0.2) is 0 Å². The van der Waals surface area contributed by atoms with E-state index in [2.05, 4.69) is 62.1 Å². The number of halogens is 3. The largest absolute Gasteiger partial charge is 0.271 e. The minimum atomic E-state index is 0.0494. The minimum Gasteiger partial charge on any atom is -0.271 e. The molecule has 0 saturated heterocycles. The molecule has 1 unspecified atom stereocenters. The van der Waals surface area contributed by atoms with E-state index >= 15 is 0 Å². The molecule has 3 N–H and O–H groups in total. The van der Waals surface area contributed by atoms with Gasteiger partial charge >= 0.3 is 0 Å². The van der Waals surface area contributed by atoms with Gasteiger partial charge in [0.2, 0.25) is 0 Å². The van der Waals surface area contributed by atoms with Crippen LogP contribution >= 0.6 is 50.1 Å². The number of hydrogen-bond donors (Lipinski definition) is 2. The summed E-state index contributed by atoms with van der Waals surface area (Å²) in [6.45, 7) is 0. The van der Waals surface area contributed by atoms with Crippen LogP contribution in [0.2, 0.25) is 5.02 Å². The molecular formula is C14H13BrClIN2. The van der Waals surface area contributed by atoms with Crippen molar-refractivity contribution in [3.8, 4) is 0 Å². The van der Waals surface area contributed by atoms with Crippen LogP contribution in [-0.2, 0) is 6.42 Å². The lowest BCUT2D eigenvalue weighted by Gasteiger charge is -2.17. The molecule has 0 heterocycles. The maximum atomic E-state index is 6.25. The summed E-state index contributed by atoms with van der Waals surface area (Å²) < 4.78 is 2.17. The van der Waals surface area contributed by atoms with Crippen LogP contribution in [0.5, 0.6) is 0 Å². The van der Waals surface area contributed by atoms with Gasteiger partial charge in [0.1, 0.15) is 0 Å². The Labute approximate surface area is 140 Å². The quantitative estimate of drug-likeness (QED) is 0.409. The Morgan fingerprint density at radius 2 is 2.05 bits per heavy atom. The molecule has 0 radical (unpaired) electrons. The van der Waals surface area contributed by atoms with E-state index in [0.29, 0.717) is 0 Å². The molecule has 2 aromatic rings. The Morgan fingerprint density at radius 1 is 1.26 bits per heavy atom. The van der Waals surface area contributed by atoms with Gasteiger partial charge in [0.25, 0.3) is 0 Å². The molecule has 0 saturated carbocycles. The highest BCUT2D eigenvalue weighted by atomic mass is 127. The number of benzene rings is 2. The third-order valence-corrected chi connectivity index (χ3v) is 4.41. The first-order valence-electron chi connectivity index (χ1n) is 5.75. The molecule has 100 valence electrons. The van der Waals surface area contributed by atoms with Crippen molar-refractivity contribution in [2.24, 2.45) is 5.84 Å². The molecule has 0 bridgehead atoms. The molecule has 0 aromatic heterocycles. The third kappa shape index (κ3) is 4.16. The zero-order valence-electron chi connectivity index (χ0n) is 10.0. The zero-order chi connectivity index (χ0) is 13.8. The van der Waals surface area contributed by atoms with E-state index < -0.39 is 0 Å². The van der Waals surface area contributed by atoms with Crippen molar-refractivity contribution in [1.82, 2.24) is 5.43 Å². The topological polar surface area (TPSA) is 38.0 Å². The van der Waals surface area contributed by atoms with Crippen molar-refractivity contribution >= 4 is 50.1 Å². The Balaban J connectivity index is 2.24. The summed E-state index contributed by atoms with van der Waals surface area (Å²) in [4.78, 5) is 0.